The molecule has 0 amide bonds. The maximum absolute atomic E-state index is 2.57. The lowest BCUT2D eigenvalue weighted by Crippen LogP contribution is -2.34. The Hall–Kier alpha value is -0.820. The molecule has 1 aromatic rings. The van der Waals surface area contributed by atoms with Crippen LogP contribution in [0.1, 0.15) is 38.2 Å². The molecule has 15 heavy (non-hydrogen) atoms. The smallest absolute Gasteiger partial charge is 0.0685 e. The predicted octanol–water partition coefficient (Wildman–Crippen LogP) is 3.46. The highest BCUT2D eigenvalue weighted by molar-refractivity contribution is 5.29. The van der Waals surface area contributed by atoms with Crippen molar-refractivity contribution in [1.29, 1.82) is 0 Å². The van der Waals surface area contributed by atoms with Gasteiger partial charge in [-0.25, -0.2) is 0 Å². The third kappa shape index (κ3) is 2.60. The lowest BCUT2D eigenvalue weighted by molar-refractivity contribution is 0.243. The molecule has 1 fully saturated rings. The Labute approximate surface area is 93.1 Å². The molecule has 0 atom stereocenters. The summed E-state index contributed by atoms with van der Waals surface area (Å²) in [5.74, 6) is 0. The molecule has 1 heteroatoms. The van der Waals surface area contributed by atoms with Crippen LogP contribution < -0.4 is 0 Å². The van der Waals surface area contributed by atoms with Crippen LogP contribution in [0.15, 0.2) is 30.3 Å². The normalized spacial score (nSPS) is 18.3. The second-order valence-electron chi connectivity index (χ2n) is 4.21. The summed E-state index contributed by atoms with van der Waals surface area (Å²) in [6.45, 7) is 4.76. The van der Waals surface area contributed by atoms with E-state index in [1.54, 1.807) is 0 Å². The van der Waals surface area contributed by atoms with Crippen LogP contribution in [0.4, 0.5) is 0 Å². The molecule has 0 aromatic heterocycles. The van der Waals surface area contributed by atoms with Gasteiger partial charge in [0.05, 0.1) is 6.04 Å². The Balaban J connectivity index is 2.09. The van der Waals surface area contributed by atoms with Gasteiger partial charge in [0.2, 0.25) is 0 Å². The Morgan fingerprint density at radius 2 is 1.73 bits per heavy atom. The first-order valence-corrected chi connectivity index (χ1v) is 6.08. The van der Waals surface area contributed by atoms with E-state index in [2.05, 4.69) is 42.2 Å². The van der Waals surface area contributed by atoms with Gasteiger partial charge < -0.3 is 0 Å². The molecule has 1 saturated heterocycles. The highest BCUT2D eigenvalue weighted by Crippen LogP contribution is 2.25. The number of benzene rings is 1. The second kappa shape index (κ2) is 5.32. The first-order chi connectivity index (χ1) is 7.42. The van der Waals surface area contributed by atoms with Gasteiger partial charge in [-0.05, 0) is 37.9 Å². The monoisotopic (exact) mass is 202 g/mol. The summed E-state index contributed by atoms with van der Waals surface area (Å²) in [5, 5.41) is 0. The summed E-state index contributed by atoms with van der Waals surface area (Å²) in [6.07, 6.45) is 5.26. The van der Waals surface area contributed by atoms with Crippen molar-refractivity contribution in [3.63, 3.8) is 0 Å². The fraction of sp³-hybridized carbons (Fsp3) is 0.500. The van der Waals surface area contributed by atoms with E-state index in [9.17, 15) is 0 Å². The van der Waals surface area contributed by atoms with E-state index >= 15 is 0 Å². The summed E-state index contributed by atoms with van der Waals surface area (Å²) in [6, 6.07) is 12.3. The SMILES string of the molecule is CC[C](c1ccccc1)N1CCCCC1. The van der Waals surface area contributed by atoms with Crippen LogP contribution in [0, 0.1) is 6.04 Å². The molecule has 81 valence electrons. The molecule has 1 radical (unpaired) electrons. The number of hydrogen-bond acceptors (Lipinski definition) is 1. The third-order valence-corrected chi connectivity index (χ3v) is 3.18. The molecule has 0 unspecified atom stereocenters. The van der Waals surface area contributed by atoms with Gasteiger partial charge in [0.25, 0.3) is 0 Å². The van der Waals surface area contributed by atoms with Crippen molar-refractivity contribution < 1.29 is 0 Å². The minimum atomic E-state index is 1.14. The second-order valence-corrected chi connectivity index (χ2v) is 4.21. The number of hydrogen-bond donors (Lipinski definition) is 0. The molecule has 1 heterocycles. The van der Waals surface area contributed by atoms with E-state index in [1.165, 1.54) is 44.0 Å². The Morgan fingerprint density at radius 1 is 1.07 bits per heavy atom. The maximum atomic E-state index is 2.57. The fourth-order valence-electron chi connectivity index (χ4n) is 2.40. The van der Waals surface area contributed by atoms with Crippen molar-refractivity contribution >= 4 is 0 Å². The van der Waals surface area contributed by atoms with Crippen LogP contribution >= 0.6 is 0 Å². The van der Waals surface area contributed by atoms with Crippen molar-refractivity contribution in [1.82, 2.24) is 4.90 Å². The first-order valence-electron chi connectivity index (χ1n) is 6.08. The zero-order valence-electron chi connectivity index (χ0n) is 9.58. The van der Waals surface area contributed by atoms with Crippen molar-refractivity contribution in [2.24, 2.45) is 0 Å². The van der Waals surface area contributed by atoms with Gasteiger partial charge in [-0.1, -0.05) is 43.7 Å². The van der Waals surface area contributed by atoms with Crippen molar-refractivity contribution in [2.45, 2.75) is 32.6 Å². The van der Waals surface area contributed by atoms with Gasteiger partial charge in [0, 0.05) is 0 Å². The zero-order chi connectivity index (χ0) is 10.5. The van der Waals surface area contributed by atoms with Crippen molar-refractivity contribution in [3.8, 4) is 0 Å². The quantitative estimate of drug-likeness (QED) is 0.725. The molecule has 0 bridgehead atoms. The summed E-state index contributed by atoms with van der Waals surface area (Å²) < 4.78 is 0. The molecule has 2 rings (SSSR count). The molecule has 0 N–H and O–H groups in total. The van der Waals surface area contributed by atoms with Crippen LogP contribution in [-0.2, 0) is 0 Å². The van der Waals surface area contributed by atoms with Gasteiger partial charge in [-0.15, -0.1) is 0 Å². The zero-order valence-corrected chi connectivity index (χ0v) is 9.58. The predicted molar refractivity (Wildman–Crippen MR) is 64.5 cm³/mol. The van der Waals surface area contributed by atoms with Gasteiger partial charge in [-0.3, -0.25) is 4.90 Å². The van der Waals surface area contributed by atoms with Crippen molar-refractivity contribution in [2.75, 3.05) is 13.1 Å². The molecule has 1 aliphatic rings. The number of piperidine rings is 1. The van der Waals surface area contributed by atoms with Crippen LogP contribution in [-0.4, -0.2) is 18.0 Å². The lowest BCUT2D eigenvalue weighted by atomic mass is 10.00. The molecule has 1 nitrogen and oxygen atoms in total. The highest BCUT2D eigenvalue weighted by atomic mass is 15.2. The van der Waals surface area contributed by atoms with Gasteiger partial charge in [0.1, 0.15) is 0 Å². The minimum Gasteiger partial charge on any atom is -0.292 e. The van der Waals surface area contributed by atoms with E-state index in [4.69, 9.17) is 0 Å². The van der Waals surface area contributed by atoms with Crippen LogP contribution in [0.25, 0.3) is 0 Å². The number of nitrogens with zero attached hydrogens (tertiary/aromatic N) is 1. The Bertz CT molecular complexity index is 275. The van der Waals surface area contributed by atoms with Crippen molar-refractivity contribution in [3.05, 3.63) is 41.9 Å². The van der Waals surface area contributed by atoms with Gasteiger partial charge >= 0.3 is 0 Å². The Kier molecular flexibility index (Phi) is 3.79. The molecule has 1 aliphatic heterocycles. The van der Waals surface area contributed by atoms with E-state index in [0.717, 1.165) is 6.42 Å². The molecule has 0 aliphatic carbocycles. The van der Waals surface area contributed by atoms with Gasteiger partial charge in [-0.2, -0.15) is 0 Å². The highest BCUT2D eigenvalue weighted by Gasteiger charge is 2.20. The van der Waals surface area contributed by atoms with Crippen LogP contribution in [0.5, 0.6) is 0 Å². The lowest BCUT2D eigenvalue weighted by Gasteiger charge is -2.33. The fourth-order valence-corrected chi connectivity index (χ4v) is 2.40. The summed E-state index contributed by atoms with van der Waals surface area (Å²) in [7, 11) is 0. The summed E-state index contributed by atoms with van der Waals surface area (Å²) in [5.41, 5.74) is 1.40. The minimum absolute atomic E-state index is 1.14. The standard InChI is InChI=1S/C14H20N/c1-2-14(13-9-5-3-6-10-13)15-11-7-4-8-12-15/h3,5-6,9-10H,2,4,7-8,11-12H2,1H3. The van der Waals surface area contributed by atoms with Gasteiger partial charge in [0.15, 0.2) is 0 Å². The average molecular weight is 202 g/mol. The largest absolute Gasteiger partial charge is 0.292 e. The maximum Gasteiger partial charge on any atom is 0.0685 e. The first kappa shape index (κ1) is 10.7. The number of rotatable bonds is 3. The van der Waals surface area contributed by atoms with Crippen LogP contribution in [0.2, 0.25) is 0 Å². The van der Waals surface area contributed by atoms with E-state index in [0.29, 0.717) is 0 Å². The van der Waals surface area contributed by atoms with E-state index < -0.39 is 0 Å². The average Bonchev–Trinajstić information content (AvgIpc) is 2.33. The van der Waals surface area contributed by atoms with Crippen LogP contribution in [0.3, 0.4) is 0 Å². The topological polar surface area (TPSA) is 3.24 Å². The number of likely N-dealkylation sites (tertiary alicyclic amines) is 1. The summed E-state index contributed by atoms with van der Waals surface area (Å²) in [4.78, 5) is 2.57. The molecule has 0 spiro atoms. The molecule has 1 aromatic carbocycles. The molecule has 0 saturated carbocycles. The third-order valence-electron chi connectivity index (χ3n) is 3.18. The molecular formula is C14H20N. The molecular weight excluding hydrogens is 182 g/mol. The van der Waals surface area contributed by atoms with E-state index in [-0.39, 0.29) is 0 Å². The summed E-state index contributed by atoms with van der Waals surface area (Å²) >= 11 is 0. The Morgan fingerprint density at radius 3 is 2.33 bits per heavy atom. The van der Waals surface area contributed by atoms with E-state index in [1.807, 2.05) is 0 Å².